The van der Waals surface area contributed by atoms with Gasteiger partial charge in [-0.1, -0.05) is 11.3 Å². The summed E-state index contributed by atoms with van der Waals surface area (Å²) in [5.74, 6) is 0. The number of nitrogens with zero attached hydrogens (tertiary/aromatic N) is 3. The van der Waals surface area contributed by atoms with Crippen LogP contribution in [0.25, 0.3) is 5.69 Å². The van der Waals surface area contributed by atoms with Crippen molar-refractivity contribution < 1.29 is 17.4 Å². The van der Waals surface area contributed by atoms with Gasteiger partial charge in [-0.2, -0.15) is 8.42 Å². The van der Waals surface area contributed by atoms with Gasteiger partial charge in [-0.05, 0) is 18.2 Å². The fraction of sp³-hybridized carbons (Fsp3) is 0.273. The van der Waals surface area contributed by atoms with Gasteiger partial charge in [0.15, 0.2) is 0 Å². The van der Waals surface area contributed by atoms with Crippen molar-refractivity contribution >= 4 is 22.6 Å². The van der Waals surface area contributed by atoms with E-state index in [0.29, 0.717) is 24.5 Å². The number of halogens is 2. The first-order valence-electron chi connectivity index (χ1n) is 5.78. The van der Waals surface area contributed by atoms with Gasteiger partial charge in [0, 0.05) is 13.1 Å². The summed E-state index contributed by atoms with van der Waals surface area (Å²) in [5.41, 5.74) is 1.01. The summed E-state index contributed by atoms with van der Waals surface area (Å²) >= 11 is 0. The maximum absolute atomic E-state index is 12.9. The van der Waals surface area contributed by atoms with Crippen LogP contribution in [0.3, 0.4) is 0 Å². The van der Waals surface area contributed by atoms with Gasteiger partial charge in [0.2, 0.25) is 0 Å². The molecule has 0 aliphatic carbocycles. The van der Waals surface area contributed by atoms with Crippen LogP contribution in [0.5, 0.6) is 0 Å². The SMILES string of the molecule is Cl.O=S(=O)(F)c1cccc(-n2cc(CNCCO)nn2)c1. The molecule has 0 saturated heterocycles. The fourth-order valence-electron chi connectivity index (χ4n) is 1.58. The number of hydrogen-bond donors (Lipinski definition) is 2. The minimum atomic E-state index is -4.75. The van der Waals surface area contributed by atoms with Crippen LogP contribution in [0.2, 0.25) is 0 Å². The lowest BCUT2D eigenvalue weighted by molar-refractivity contribution is 0.291. The Balaban J connectivity index is 0.00000220. The summed E-state index contributed by atoms with van der Waals surface area (Å²) in [7, 11) is -4.75. The molecule has 0 atom stereocenters. The normalized spacial score (nSPS) is 11.1. The van der Waals surface area contributed by atoms with E-state index in [2.05, 4.69) is 15.6 Å². The minimum absolute atomic E-state index is 0. The molecular formula is C11H14ClFN4O3S. The zero-order valence-corrected chi connectivity index (χ0v) is 12.4. The molecule has 2 aromatic rings. The second-order valence-corrected chi connectivity index (χ2v) is 5.34. The zero-order chi connectivity index (χ0) is 14.6. The Morgan fingerprint density at radius 2 is 2.14 bits per heavy atom. The van der Waals surface area contributed by atoms with Gasteiger partial charge in [-0.3, -0.25) is 0 Å². The molecule has 0 spiro atoms. The predicted octanol–water partition coefficient (Wildman–Crippen LogP) is 0.429. The fourth-order valence-corrected chi connectivity index (χ4v) is 2.08. The minimum Gasteiger partial charge on any atom is -0.395 e. The number of hydrogen-bond acceptors (Lipinski definition) is 6. The number of aliphatic hydroxyl groups is 1. The Kier molecular flexibility index (Phi) is 6.21. The molecule has 116 valence electrons. The van der Waals surface area contributed by atoms with Crippen molar-refractivity contribution in [2.45, 2.75) is 11.4 Å². The Morgan fingerprint density at radius 1 is 1.38 bits per heavy atom. The lowest BCUT2D eigenvalue weighted by Crippen LogP contribution is -2.17. The van der Waals surface area contributed by atoms with Crippen molar-refractivity contribution in [3.05, 3.63) is 36.2 Å². The van der Waals surface area contributed by atoms with Crippen molar-refractivity contribution in [2.75, 3.05) is 13.2 Å². The van der Waals surface area contributed by atoms with Crippen LogP contribution in [0, 0.1) is 0 Å². The molecule has 0 radical (unpaired) electrons. The van der Waals surface area contributed by atoms with Gasteiger partial charge < -0.3 is 10.4 Å². The second kappa shape index (κ2) is 7.46. The number of aliphatic hydroxyl groups excluding tert-OH is 1. The molecule has 0 amide bonds. The van der Waals surface area contributed by atoms with Crippen molar-refractivity contribution in [3.8, 4) is 5.69 Å². The molecular weight excluding hydrogens is 323 g/mol. The predicted molar refractivity (Wildman–Crippen MR) is 75.7 cm³/mol. The van der Waals surface area contributed by atoms with E-state index >= 15 is 0 Å². The van der Waals surface area contributed by atoms with Gasteiger partial charge >= 0.3 is 10.2 Å². The topological polar surface area (TPSA) is 97.1 Å². The summed E-state index contributed by atoms with van der Waals surface area (Å²) in [6.07, 6.45) is 1.59. The van der Waals surface area contributed by atoms with E-state index in [1.54, 1.807) is 12.3 Å². The smallest absolute Gasteiger partial charge is 0.332 e. The largest absolute Gasteiger partial charge is 0.395 e. The molecule has 7 nitrogen and oxygen atoms in total. The maximum Gasteiger partial charge on any atom is 0.332 e. The van der Waals surface area contributed by atoms with Crippen LogP contribution in [-0.2, 0) is 16.8 Å². The average Bonchev–Trinajstić information content (AvgIpc) is 2.87. The number of aromatic nitrogens is 3. The van der Waals surface area contributed by atoms with Crippen LogP contribution >= 0.6 is 12.4 Å². The van der Waals surface area contributed by atoms with E-state index in [1.807, 2.05) is 0 Å². The molecule has 10 heteroatoms. The summed E-state index contributed by atoms with van der Waals surface area (Å²) in [6, 6.07) is 5.36. The molecule has 2 N–H and O–H groups in total. The molecule has 2 rings (SSSR count). The molecule has 1 aromatic carbocycles. The van der Waals surface area contributed by atoms with Crippen LogP contribution in [0.1, 0.15) is 5.69 Å². The summed E-state index contributed by atoms with van der Waals surface area (Å²) in [6.45, 7) is 0.870. The monoisotopic (exact) mass is 336 g/mol. The highest BCUT2D eigenvalue weighted by Gasteiger charge is 2.13. The lowest BCUT2D eigenvalue weighted by atomic mass is 10.3. The summed E-state index contributed by atoms with van der Waals surface area (Å²) < 4.78 is 36.0. The van der Waals surface area contributed by atoms with Crippen molar-refractivity contribution in [1.29, 1.82) is 0 Å². The van der Waals surface area contributed by atoms with E-state index in [-0.39, 0.29) is 19.0 Å². The lowest BCUT2D eigenvalue weighted by Gasteiger charge is -2.01. The van der Waals surface area contributed by atoms with Crippen LogP contribution in [0.15, 0.2) is 35.4 Å². The van der Waals surface area contributed by atoms with Crippen LogP contribution in [-0.4, -0.2) is 41.7 Å². The van der Waals surface area contributed by atoms with Gasteiger partial charge in [0.05, 0.1) is 24.2 Å². The van der Waals surface area contributed by atoms with Gasteiger partial charge in [-0.15, -0.1) is 21.4 Å². The molecule has 0 fully saturated rings. The molecule has 0 unspecified atom stereocenters. The van der Waals surface area contributed by atoms with Crippen LogP contribution < -0.4 is 5.32 Å². The second-order valence-electron chi connectivity index (χ2n) is 3.99. The van der Waals surface area contributed by atoms with E-state index in [4.69, 9.17) is 5.11 Å². The molecule has 0 saturated carbocycles. The Hall–Kier alpha value is -1.55. The van der Waals surface area contributed by atoms with Gasteiger partial charge in [0.25, 0.3) is 0 Å². The third-order valence-electron chi connectivity index (χ3n) is 2.50. The Labute approximate surface area is 127 Å². The molecule has 0 aliphatic rings. The van der Waals surface area contributed by atoms with E-state index in [9.17, 15) is 12.3 Å². The molecule has 1 heterocycles. The van der Waals surface area contributed by atoms with E-state index in [0.717, 1.165) is 0 Å². The summed E-state index contributed by atoms with van der Waals surface area (Å²) in [5, 5.41) is 19.3. The quantitative estimate of drug-likeness (QED) is 0.586. The molecule has 0 aliphatic heterocycles. The number of benzene rings is 1. The molecule has 0 bridgehead atoms. The molecule has 1 aromatic heterocycles. The number of nitrogens with one attached hydrogen (secondary N) is 1. The van der Waals surface area contributed by atoms with Crippen molar-refractivity contribution in [3.63, 3.8) is 0 Å². The number of rotatable bonds is 6. The summed E-state index contributed by atoms with van der Waals surface area (Å²) in [4.78, 5) is -0.426. The standard InChI is InChI=1S/C11H13FN4O3S.ClH/c12-20(18,19)11-3-1-2-10(6-11)16-8-9(14-15-16)7-13-4-5-17;/h1-3,6,8,13,17H,4-5,7H2;1H. The maximum atomic E-state index is 12.9. The first-order chi connectivity index (χ1) is 9.50. The molecule has 21 heavy (non-hydrogen) atoms. The Bertz CT molecular complexity index is 692. The first-order valence-corrected chi connectivity index (χ1v) is 7.17. The average molecular weight is 337 g/mol. The van der Waals surface area contributed by atoms with Gasteiger partial charge in [0.1, 0.15) is 4.90 Å². The zero-order valence-electron chi connectivity index (χ0n) is 10.8. The first kappa shape index (κ1) is 17.5. The van der Waals surface area contributed by atoms with Crippen LogP contribution in [0.4, 0.5) is 3.89 Å². The van der Waals surface area contributed by atoms with Crippen molar-refractivity contribution in [1.82, 2.24) is 20.3 Å². The van der Waals surface area contributed by atoms with E-state index < -0.39 is 15.1 Å². The third-order valence-corrected chi connectivity index (χ3v) is 3.32. The highest BCUT2D eigenvalue weighted by Crippen LogP contribution is 2.16. The highest BCUT2D eigenvalue weighted by molar-refractivity contribution is 7.86. The Morgan fingerprint density at radius 3 is 2.81 bits per heavy atom. The third kappa shape index (κ3) is 4.74. The van der Waals surface area contributed by atoms with E-state index in [1.165, 1.54) is 22.9 Å². The van der Waals surface area contributed by atoms with Crippen molar-refractivity contribution in [2.24, 2.45) is 0 Å². The van der Waals surface area contributed by atoms with Gasteiger partial charge in [-0.25, -0.2) is 4.68 Å². The highest BCUT2D eigenvalue weighted by atomic mass is 35.5.